The van der Waals surface area contributed by atoms with Gasteiger partial charge >= 0.3 is 0 Å². The molecule has 0 radical (unpaired) electrons. The number of rotatable bonds is 3. The minimum atomic E-state index is 0.341. The van der Waals surface area contributed by atoms with Crippen molar-refractivity contribution in [2.24, 2.45) is 5.73 Å². The van der Waals surface area contributed by atoms with Crippen molar-refractivity contribution >= 4 is 0 Å². The Morgan fingerprint density at radius 3 is 2.79 bits per heavy atom. The second-order valence-corrected chi connectivity index (χ2v) is 3.92. The van der Waals surface area contributed by atoms with Crippen molar-refractivity contribution in [3.63, 3.8) is 0 Å². The lowest BCUT2D eigenvalue weighted by atomic mass is 10.3. The fourth-order valence-electron chi connectivity index (χ4n) is 1.41. The van der Waals surface area contributed by atoms with E-state index in [-0.39, 0.29) is 0 Å². The molecule has 14 heavy (non-hydrogen) atoms. The summed E-state index contributed by atoms with van der Waals surface area (Å²) in [5.41, 5.74) is 8.91. The van der Waals surface area contributed by atoms with Gasteiger partial charge in [0, 0.05) is 39.9 Å². The quantitative estimate of drug-likeness (QED) is 0.636. The fourth-order valence-corrected chi connectivity index (χ4v) is 1.41. The number of hydrogen-bond acceptors (Lipinski definition) is 5. The van der Waals surface area contributed by atoms with E-state index in [1.165, 1.54) is 0 Å². The highest BCUT2D eigenvalue weighted by atomic mass is 15.6. The second-order valence-electron chi connectivity index (χ2n) is 3.92. The summed E-state index contributed by atoms with van der Waals surface area (Å²) in [7, 11) is 6.12. The fraction of sp³-hybridized carbons (Fsp3) is 0.778. The third kappa shape index (κ3) is 2.52. The minimum absolute atomic E-state index is 0.341. The van der Waals surface area contributed by atoms with E-state index in [0.717, 1.165) is 12.5 Å². The molecular formula is C9H21N5. The van der Waals surface area contributed by atoms with Crippen LogP contribution in [0.3, 0.4) is 0 Å². The van der Waals surface area contributed by atoms with Gasteiger partial charge in [0.1, 0.15) is 5.82 Å². The van der Waals surface area contributed by atoms with E-state index < -0.39 is 0 Å². The van der Waals surface area contributed by atoms with Gasteiger partial charge in [-0.3, -0.25) is 0 Å². The second kappa shape index (κ2) is 4.52. The van der Waals surface area contributed by atoms with E-state index in [1.54, 1.807) is 0 Å². The van der Waals surface area contributed by atoms with Crippen molar-refractivity contribution in [3.05, 3.63) is 12.0 Å². The Bertz CT molecular complexity index is 215. The molecule has 0 saturated carbocycles. The number of hydrogen-bond donors (Lipinski definition) is 2. The molecule has 1 heterocycles. The Kier molecular flexibility index (Phi) is 3.60. The summed E-state index contributed by atoms with van der Waals surface area (Å²) in [5, 5.41) is 2.04. The maximum Gasteiger partial charge on any atom is 0.132 e. The third-order valence-corrected chi connectivity index (χ3v) is 2.47. The van der Waals surface area contributed by atoms with Crippen LogP contribution >= 0.6 is 0 Å². The van der Waals surface area contributed by atoms with E-state index >= 15 is 0 Å². The lowest BCUT2D eigenvalue weighted by Gasteiger charge is -2.38. The molecule has 0 aromatic heterocycles. The topological polar surface area (TPSA) is 47.8 Å². The first-order valence-corrected chi connectivity index (χ1v) is 4.87. The first-order valence-electron chi connectivity index (χ1n) is 4.87. The molecule has 1 unspecified atom stereocenters. The van der Waals surface area contributed by atoms with Crippen molar-refractivity contribution in [2.75, 3.05) is 34.4 Å². The molecule has 82 valence electrons. The van der Waals surface area contributed by atoms with Gasteiger partial charge < -0.3 is 21.0 Å². The summed E-state index contributed by atoms with van der Waals surface area (Å²) in [6.07, 6.45) is 2.09. The maximum absolute atomic E-state index is 5.63. The Morgan fingerprint density at radius 1 is 1.64 bits per heavy atom. The van der Waals surface area contributed by atoms with Crippen LogP contribution in [-0.2, 0) is 0 Å². The summed E-state index contributed by atoms with van der Waals surface area (Å²) in [5.74, 6) is 1.08. The Balaban J connectivity index is 2.66. The zero-order chi connectivity index (χ0) is 10.7. The van der Waals surface area contributed by atoms with Crippen LogP contribution in [0.4, 0.5) is 0 Å². The highest BCUT2D eigenvalue weighted by Gasteiger charge is 2.16. The number of hydrazine groups is 1. The van der Waals surface area contributed by atoms with Crippen molar-refractivity contribution in [1.82, 2.24) is 20.2 Å². The lowest BCUT2D eigenvalue weighted by molar-refractivity contribution is 0.118. The summed E-state index contributed by atoms with van der Waals surface area (Å²) in [6, 6.07) is 0.341. The van der Waals surface area contributed by atoms with Crippen LogP contribution in [0.5, 0.6) is 0 Å². The Morgan fingerprint density at radius 2 is 2.29 bits per heavy atom. The van der Waals surface area contributed by atoms with E-state index in [4.69, 9.17) is 5.73 Å². The highest BCUT2D eigenvalue weighted by Crippen LogP contribution is 2.08. The number of nitrogens with two attached hydrogens (primary N) is 1. The zero-order valence-electron chi connectivity index (χ0n) is 9.49. The van der Waals surface area contributed by atoms with Crippen LogP contribution in [0, 0.1) is 0 Å². The molecule has 0 bridgehead atoms. The standard InChI is InChI=1S/C9H21N5/c1-8(5-10)14(4)9-6-12(2)7-13(3)11-9/h6,8,11H,5,7,10H2,1-4H3. The smallest absolute Gasteiger partial charge is 0.132 e. The average Bonchev–Trinajstić information content (AvgIpc) is 2.14. The van der Waals surface area contributed by atoms with Gasteiger partial charge in [0.05, 0.1) is 6.67 Å². The molecule has 0 aliphatic carbocycles. The predicted octanol–water partition coefficient (Wildman–Crippen LogP) is -0.596. The Labute approximate surface area is 86.1 Å². The SMILES string of the molecule is CC(CN)N(C)C1=CN(C)CN(C)N1. The van der Waals surface area contributed by atoms with Crippen LogP contribution in [0.1, 0.15) is 6.92 Å². The maximum atomic E-state index is 5.63. The molecule has 0 spiro atoms. The largest absolute Gasteiger partial charge is 0.363 e. The van der Waals surface area contributed by atoms with Crippen molar-refractivity contribution in [3.8, 4) is 0 Å². The summed E-state index contributed by atoms with van der Waals surface area (Å²) in [6.45, 7) is 3.65. The van der Waals surface area contributed by atoms with E-state index in [9.17, 15) is 0 Å². The first-order chi connectivity index (χ1) is 6.54. The number of nitrogens with zero attached hydrogens (tertiary/aromatic N) is 3. The summed E-state index contributed by atoms with van der Waals surface area (Å²) >= 11 is 0. The van der Waals surface area contributed by atoms with Gasteiger partial charge in [-0.25, -0.2) is 5.01 Å². The molecule has 0 aromatic carbocycles. The van der Waals surface area contributed by atoms with Gasteiger partial charge in [-0.1, -0.05) is 0 Å². The van der Waals surface area contributed by atoms with E-state index in [2.05, 4.69) is 35.4 Å². The molecule has 1 rings (SSSR count). The molecular weight excluding hydrogens is 178 g/mol. The van der Waals surface area contributed by atoms with Gasteiger partial charge in [-0.05, 0) is 6.92 Å². The minimum Gasteiger partial charge on any atom is -0.363 e. The zero-order valence-corrected chi connectivity index (χ0v) is 9.49. The molecule has 1 aliphatic heterocycles. The van der Waals surface area contributed by atoms with Crippen LogP contribution in [-0.4, -0.2) is 55.2 Å². The van der Waals surface area contributed by atoms with Crippen LogP contribution in [0.15, 0.2) is 12.0 Å². The normalized spacial score (nSPS) is 20.1. The van der Waals surface area contributed by atoms with Crippen molar-refractivity contribution in [1.29, 1.82) is 0 Å². The molecule has 1 aliphatic rings. The van der Waals surface area contributed by atoms with Crippen molar-refractivity contribution < 1.29 is 0 Å². The van der Waals surface area contributed by atoms with Gasteiger partial charge in [0.2, 0.25) is 0 Å². The van der Waals surface area contributed by atoms with E-state index in [1.807, 2.05) is 19.1 Å². The summed E-state index contributed by atoms with van der Waals surface area (Å²) < 4.78 is 0. The molecule has 1 atom stereocenters. The van der Waals surface area contributed by atoms with Crippen LogP contribution in [0.25, 0.3) is 0 Å². The molecule has 5 heteroatoms. The molecule has 5 nitrogen and oxygen atoms in total. The summed E-state index contributed by atoms with van der Waals surface area (Å²) in [4.78, 5) is 4.28. The molecule has 0 aromatic rings. The first kappa shape index (κ1) is 11.1. The number of likely N-dealkylation sites (N-methyl/N-ethyl adjacent to an activating group) is 1. The van der Waals surface area contributed by atoms with E-state index in [0.29, 0.717) is 12.6 Å². The Hall–Kier alpha value is -0.940. The monoisotopic (exact) mass is 199 g/mol. The van der Waals surface area contributed by atoms with Crippen LogP contribution < -0.4 is 11.2 Å². The number of nitrogens with one attached hydrogen (secondary N) is 1. The molecule has 0 fully saturated rings. The average molecular weight is 199 g/mol. The molecule has 0 saturated heterocycles. The van der Waals surface area contributed by atoms with Gasteiger partial charge in [-0.2, -0.15) is 0 Å². The third-order valence-electron chi connectivity index (χ3n) is 2.47. The molecule has 0 amide bonds. The van der Waals surface area contributed by atoms with Gasteiger partial charge in [0.15, 0.2) is 0 Å². The predicted molar refractivity (Wildman–Crippen MR) is 57.9 cm³/mol. The highest BCUT2D eigenvalue weighted by molar-refractivity contribution is 5.00. The van der Waals surface area contributed by atoms with Crippen LogP contribution in [0.2, 0.25) is 0 Å². The van der Waals surface area contributed by atoms with Crippen molar-refractivity contribution in [2.45, 2.75) is 13.0 Å². The van der Waals surface area contributed by atoms with Gasteiger partial charge in [-0.15, -0.1) is 0 Å². The lowest BCUT2D eigenvalue weighted by Crippen LogP contribution is -2.50. The van der Waals surface area contributed by atoms with Gasteiger partial charge in [0.25, 0.3) is 0 Å². The molecule has 3 N–H and O–H groups in total.